The summed E-state index contributed by atoms with van der Waals surface area (Å²) >= 11 is 14.3. The number of pyridine rings is 1. The number of aromatic nitrogens is 1. The van der Waals surface area contributed by atoms with Crippen molar-refractivity contribution in [3.05, 3.63) is 82.3 Å². The van der Waals surface area contributed by atoms with E-state index in [1.54, 1.807) is 14.2 Å². The van der Waals surface area contributed by atoms with E-state index in [4.69, 9.17) is 42.4 Å². The second-order valence-electron chi connectivity index (χ2n) is 14.8. The molecule has 0 bridgehead atoms. The first kappa shape index (κ1) is 34.9. The molecule has 1 N–H and O–H groups in total. The average molecular weight is 742 g/mol. The molecule has 4 aromatic rings. The minimum absolute atomic E-state index is 0.0773. The largest absolute Gasteiger partial charge is 0.493 e. The second kappa shape index (κ2) is 14.0. The highest BCUT2D eigenvalue weighted by Crippen LogP contribution is 2.45. The Balaban J connectivity index is 0.969. The normalized spacial score (nSPS) is 19.1. The average Bonchev–Trinajstić information content (AvgIpc) is 3.71. The summed E-state index contributed by atoms with van der Waals surface area (Å²) in [6.07, 6.45) is 3.97. The lowest BCUT2D eigenvalue weighted by Gasteiger charge is -2.48. The molecular formula is C41H42Cl2N4O5. The minimum Gasteiger partial charge on any atom is -0.493 e. The van der Waals surface area contributed by atoms with E-state index < -0.39 is 0 Å². The van der Waals surface area contributed by atoms with Gasteiger partial charge in [0.05, 0.1) is 35.5 Å². The van der Waals surface area contributed by atoms with Crippen LogP contribution >= 0.6 is 23.2 Å². The molecule has 52 heavy (non-hydrogen) atoms. The zero-order valence-electron chi connectivity index (χ0n) is 29.5. The summed E-state index contributed by atoms with van der Waals surface area (Å²) in [7, 11) is 3.27. The number of amides is 1. The van der Waals surface area contributed by atoms with Gasteiger partial charge >= 0.3 is 0 Å². The Labute approximate surface area is 314 Å². The quantitative estimate of drug-likeness (QED) is 0.171. The fourth-order valence-electron chi connectivity index (χ4n) is 8.56. The number of hydrogen-bond acceptors (Lipinski definition) is 8. The van der Waals surface area contributed by atoms with Crippen LogP contribution in [-0.4, -0.2) is 85.6 Å². The van der Waals surface area contributed by atoms with Crippen LogP contribution in [0, 0.1) is 5.41 Å². The molecule has 9 nitrogen and oxygen atoms in total. The van der Waals surface area contributed by atoms with Crippen molar-refractivity contribution in [3.8, 4) is 50.9 Å². The Morgan fingerprint density at radius 1 is 0.788 bits per heavy atom. The predicted molar refractivity (Wildman–Crippen MR) is 202 cm³/mol. The van der Waals surface area contributed by atoms with Crippen LogP contribution in [0.4, 0.5) is 0 Å². The first-order valence-electron chi connectivity index (χ1n) is 17.9. The lowest BCUT2D eigenvalue weighted by molar-refractivity contribution is -0.121. The van der Waals surface area contributed by atoms with Gasteiger partial charge in [-0.05, 0) is 36.6 Å². The molecule has 3 saturated heterocycles. The molecule has 3 aliphatic heterocycles. The van der Waals surface area contributed by atoms with Gasteiger partial charge in [0.1, 0.15) is 12.4 Å². The van der Waals surface area contributed by atoms with Crippen molar-refractivity contribution in [2.45, 2.75) is 44.2 Å². The van der Waals surface area contributed by atoms with Crippen LogP contribution in [-0.2, 0) is 16.1 Å². The van der Waals surface area contributed by atoms with Gasteiger partial charge in [-0.2, -0.15) is 0 Å². The lowest BCUT2D eigenvalue weighted by atomic mass is 9.78. The molecule has 270 valence electrons. The molecule has 1 amide bonds. The number of carbonyl (C=O) groups is 2. The van der Waals surface area contributed by atoms with Gasteiger partial charge in [-0.15, -0.1) is 0 Å². The third-order valence-corrected chi connectivity index (χ3v) is 12.0. The van der Waals surface area contributed by atoms with Crippen LogP contribution in [0.15, 0.2) is 66.7 Å². The molecule has 8 rings (SSSR count). The molecule has 4 fully saturated rings. The fraction of sp³-hybridized carbons (Fsp3) is 0.390. The van der Waals surface area contributed by atoms with E-state index in [2.05, 4.69) is 15.1 Å². The number of rotatable bonds is 11. The van der Waals surface area contributed by atoms with Gasteiger partial charge in [-0.1, -0.05) is 71.7 Å². The number of Topliss-reactive ketones (excluding diaryl/α,β-unsaturated/α-hetero) is 1. The van der Waals surface area contributed by atoms with Gasteiger partial charge in [0.25, 0.3) is 0 Å². The molecule has 2 spiro atoms. The zero-order chi connectivity index (χ0) is 36.0. The van der Waals surface area contributed by atoms with Crippen molar-refractivity contribution in [3.63, 3.8) is 0 Å². The standard InChI is InChI=1S/C41H42Cl2N4O5/c1-50-35-19-26(10-12-34(35)52-18-17-46-22-40(23-46)15-13-28(48)20-40)29-5-3-6-30(37(29)42)31-7-4-8-32(38(31)43)33-11-9-27(39(44-33)51-2)21-47-24-41(25-47)16-14-36(49)45-41/h3-12,19H,13-18,20-25H2,1-2H3,(H,45,49). The molecule has 1 saturated carbocycles. The smallest absolute Gasteiger partial charge is 0.220 e. The summed E-state index contributed by atoms with van der Waals surface area (Å²) in [6.45, 7) is 5.63. The maximum atomic E-state index is 11.8. The molecular weight excluding hydrogens is 699 g/mol. The molecule has 1 aliphatic carbocycles. The summed E-state index contributed by atoms with van der Waals surface area (Å²) in [4.78, 5) is 33.0. The predicted octanol–water partition coefficient (Wildman–Crippen LogP) is 7.30. The van der Waals surface area contributed by atoms with Gasteiger partial charge in [-0.25, -0.2) is 4.98 Å². The van der Waals surface area contributed by atoms with Crippen molar-refractivity contribution < 1.29 is 23.8 Å². The molecule has 4 heterocycles. The monoisotopic (exact) mass is 740 g/mol. The summed E-state index contributed by atoms with van der Waals surface area (Å²) < 4.78 is 17.6. The molecule has 4 aliphatic rings. The first-order valence-corrected chi connectivity index (χ1v) is 18.6. The van der Waals surface area contributed by atoms with Crippen LogP contribution < -0.4 is 19.5 Å². The maximum Gasteiger partial charge on any atom is 0.220 e. The third kappa shape index (κ3) is 6.64. The van der Waals surface area contributed by atoms with E-state index in [0.717, 1.165) is 91.8 Å². The Morgan fingerprint density at radius 2 is 1.52 bits per heavy atom. The number of likely N-dealkylation sites (tertiary alicyclic amines) is 2. The molecule has 0 atom stereocenters. The van der Waals surface area contributed by atoms with Gasteiger partial charge < -0.3 is 19.5 Å². The fourth-order valence-corrected chi connectivity index (χ4v) is 9.22. The van der Waals surface area contributed by atoms with Crippen LogP contribution in [0.25, 0.3) is 33.5 Å². The summed E-state index contributed by atoms with van der Waals surface area (Å²) in [5.74, 6) is 2.39. The van der Waals surface area contributed by atoms with Gasteiger partial charge in [0, 0.05) is 91.8 Å². The number of nitrogens with one attached hydrogen (secondary N) is 1. The highest BCUT2D eigenvalue weighted by Gasteiger charge is 2.48. The first-order chi connectivity index (χ1) is 25.2. The molecule has 0 unspecified atom stereocenters. The Kier molecular flexibility index (Phi) is 9.40. The second-order valence-corrected chi connectivity index (χ2v) is 15.6. The van der Waals surface area contributed by atoms with E-state index in [-0.39, 0.29) is 16.9 Å². The Morgan fingerprint density at radius 3 is 2.19 bits per heavy atom. The summed E-state index contributed by atoms with van der Waals surface area (Å²) in [6, 6.07) is 21.7. The Hall–Kier alpha value is -4.15. The molecule has 11 heteroatoms. The van der Waals surface area contributed by atoms with Crippen LogP contribution in [0.3, 0.4) is 0 Å². The maximum absolute atomic E-state index is 11.8. The van der Waals surface area contributed by atoms with Crippen molar-refractivity contribution >= 4 is 34.9 Å². The lowest BCUT2D eigenvalue weighted by Crippen LogP contribution is -2.66. The van der Waals surface area contributed by atoms with E-state index in [0.29, 0.717) is 58.5 Å². The molecule has 3 aromatic carbocycles. The number of carbonyl (C=O) groups excluding carboxylic acids is 2. The topological polar surface area (TPSA) is 93.2 Å². The molecule has 0 radical (unpaired) electrons. The number of benzene rings is 3. The van der Waals surface area contributed by atoms with Crippen LogP contribution in [0.5, 0.6) is 17.4 Å². The number of ether oxygens (including phenoxy) is 3. The number of hydrogen-bond donors (Lipinski definition) is 1. The van der Waals surface area contributed by atoms with E-state index >= 15 is 0 Å². The Bertz CT molecular complexity index is 2040. The van der Waals surface area contributed by atoms with Crippen LogP contribution in [0.2, 0.25) is 10.0 Å². The van der Waals surface area contributed by atoms with Crippen molar-refractivity contribution in [2.75, 3.05) is 53.6 Å². The van der Waals surface area contributed by atoms with Gasteiger partial charge in [0.15, 0.2) is 11.5 Å². The van der Waals surface area contributed by atoms with Crippen LogP contribution in [0.1, 0.15) is 37.7 Å². The SMILES string of the molecule is COc1cc(-c2cccc(-c3cccc(-c4ccc(CN5CC6(CCC(=O)N6)C5)c(OC)n4)c3Cl)c2Cl)ccc1OCCN1CC2(CCC(=O)C2)C1. The number of methoxy groups -OCH3 is 2. The van der Waals surface area contributed by atoms with Crippen molar-refractivity contribution in [1.29, 1.82) is 0 Å². The third-order valence-electron chi connectivity index (χ3n) is 11.1. The van der Waals surface area contributed by atoms with E-state index in [9.17, 15) is 9.59 Å². The van der Waals surface area contributed by atoms with E-state index in [1.165, 1.54) is 0 Å². The summed E-state index contributed by atoms with van der Waals surface area (Å²) in [5, 5.41) is 4.25. The highest BCUT2D eigenvalue weighted by atomic mass is 35.5. The minimum atomic E-state index is -0.0773. The summed E-state index contributed by atoms with van der Waals surface area (Å²) in [5.41, 5.74) is 5.92. The van der Waals surface area contributed by atoms with Crippen molar-refractivity contribution in [2.24, 2.45) is 5.41 Å². The van der Waals surface area contributed by atoms with Crippen molar-refractivity contribution in [1.82, 2.24) is 20.1 Å². The van der Waals surface area contributed by atoms with E-state index in [1.807, 2.05) is 66.7 Å². The number of nitrogens with zero attached hydrogens (tertiary/aromatic N) is 3. The molecule has 1 aromatic heterocycles. The number of ketones is 1. The highest BCUT2D eigenvalue weighted by molar-refractivity contribution is 6.39. The van der Waals surface area contributed by atoms with Gasteiger partial charge in [0.2, 0.25) is 11.8 Å². The number of halogens is 2. The van der Waals surface area contributed by atoms with Gasteiger partial charge in [-0.3, -0.25) is 19.4 Å². The zero-order valence-corrected chi connectivity index (χ0v) is 31.0.